The van der Waals surface area contributed by atoms with Crippen molar-refractivity contribution in [1.29, 1.82) is 0 Å². The number of rotatable bonds is 6. The third kappa shape index (κ3) is 3.50. The number of hydrogen-bond acceptors (Lipinski definition) is 7. The molecule has 182 valence electrons. The summed E-state index contributed by atoms with van der Waals surface area (Å²) in [5.41, 5.74) is 10.9. The fourth-order valence-corrected chi connectivity index (χ4v) is 5.50. The molecule has 10 heteroatoms. The zero-order chi connectivity index (χ0) is 24.3. The standard InChI is InChI=1S/C25H28FN7O2/c1-28-18-12-21(30-33-23(24(27)35)22(29-25(18)33)16-11-17(16)26)32-10-7-15-19(3-2-4-20(15)32)31-8-5-14(13-34)6-9-31/h2-4,12-14,16-17,28H,5-11H2,1H3,(H2,27,35)/t16-,17-/m0/s1. The molecule has 3 aromatic rings. The number of fused-ring (bicyclic) bond motifs is 2. The number of imidazole rings is 1. The van der Waals surface area contributed by atoms with Crippen LogP contribution >= 0.6 is 0 Å². The van der Waals surface area contributed by atoms with Crippen LogP contribution < -0.4 is 20.9 Å². The highest BCUT2D eigenvalue weighted by Gasteiger charge is 2.44. The Hall–Kier alpha value is -3.69. The molecule has 1 aliphatic carbocycles. The summed E-state index contributed by atoms with van der Waals surface area (Å²) >= 11 is 0. The molecule has 0 unspecified atom stereocenters. The lowest BCUT2D eigenvalue weighted by molar-refractivity contribution is -0.111. The predicted octanol–water partition coefficient (Wildman–Crippen LogP) is 2.80. The first-order valence-electron chi connectivity index (χ1n) is 12.1. The van der Waals surface area contributed by atoms with Gasteiger partial charge in [0.1, 0.15) is 12.5 Å². The summed E-state index contributed by atoms with van der Waals surface area (Å²) in [5.74, 6) is -0.262. The normalized spacial score (nSPS) is 21.9. The molecule has 35 heavy (non-hydrogen) atoms. The molecule has 1 amide bonds. The van der Waals surface area contributed by atoms with E-state index in [4.69, 9.17) is 10.8 Å². The Morgan fingerprint density at radius 2 is 1.97 bits per heavy atom. The number of benzene rings is 1. The van der Waals surface area contributed by atoms with Crippen LogP contribution in [0.1, 0.15) is 46.9 Å². The molecule has 9 nitrogen and oxygen atoms in total. The Bertz CT molecular complexity index is 1330. The summed E-state index contributed by atoms with van der Waals surface area (Å²) in [5, 5.41) is 7.92. The van der Waals surface area contributed by atoms with Crippen molar-refractivity contribution in [2.45, 2.75) is 37.8 Å². The number of nitrogens with zero attached hydrogens (tertiary/aromatic N) is 5. The average Bonchev–Trinajstić information content (AvgIpc) is 3.27. The van der Waals surface area contributed by atoms with Gasteiger partial charge in [-0.1, -0.05) is 6.07 Å². The number of anilines is 4. The Kier molecular flexibility index (Phi) is 5.12. The first-order chi connectivity index (χ1) is 17.0. The molecule has 1 aromatic carbocycles. The van der Waals surface area contributed by atoms with E-state index in [0.717, 1.165) is 50.9 Å². The highest BCUT2D eigenvalue weighted by atomic mass is 19.1. The van der Waals surface area contributed by atoms with Crippen molar-refractivity contribution in [3.05, 3.63) is 41.2 Å². The lowest BCUT2D eigenvalue weighted by Crippen LogP contribution is -2.34. The largest absolute Gasteiger partial charge is 0.385 e. The van der Waals surface area contributed by atoms with E-state index in [9.17, 15) is 14.0 Å². The van der Waals surface area contributed by atoms with E-state index in [-0.39, 0.29) is 11.6 Å². The smallest absolute Gasteiger partial charge is 0.269 e. The fourth-order valence-electron chi connectivity index (χ4n) is 5.50. The highest BCUT2D eigenvalue weighted by Crippen LogP contribution is 2.45. The average molecular weight is 478 g/mol. The van der Waals surface area contributed by atoms with Gasteiger partial charge in [0.05, 0.1) is 11.4 Å². The number of piperidine rings is 1. The maximum Gasteiger partial charge on any atom is 0.269 e. The Labute approximate surface area is 202 Å². The number of carbonyl (C=O) groups excluding carboxylic acids is 2. The quantitative estimate of drug-likeness (QED) is 0.526. The van der Waals surface area contributed by atoms with Gasteiger partial charge in [0.2, 0.25) is 0 Å². The van der Waals surface area contributed by atoms with E-state index in [1.54, 1.807) is 7.05 Å². The summed E-state index contributed by atoms with van der Waals surface area (Å²) in [4.78, 5) is 32.6. The SMILES string of the molecule is CNc1cc(N2CCc3c(N4CCC(C=O)CC4)cccc32)nn2c(C(N)=O)c([C@H]3C[C@@H]3F)nc12. The van der Waals surface area contributed by atoms with Gasteiger partial charge in [0.15, 0.2) is 17.2 Å². The zero-order valence-corrected chi connectivity index (χ0v) is 19.6. The van der Waals surface area contributed by atoms with Crippen molar-refractivity contribution in [2.75, 3.05) is 41.8 Å². The van der Waals surface area contributed by atoms with Crippen molar-refractivity contribution in [3.63, 3.8) is 0 Å². The molecule has 0 bridgehead atoms. The number of aromatic nitrogens is 3. The molecule has 0 radical (unpaired) electrons. The Balaban J connectivity index is 1.41. The molecule has 2 fully saturated rings. The van der Waals surface area contributed by atoms with E-state index >= 15 is 0 Å². The fraction of sp³-hybridized carbons (Fsp3) is 0.440. The van der Waals surface area contributed by atoms with E-state index in [1.165, 1.54) is 15.8 Å². The minimum Gasteiger partial charge on any atom is -0.385 e. The van der Waals surface area contributed by atoms with Crippen LogP contribution in [0.3, 0.4) is 0 Å². The van der Waals surface area contributed by atoms with E-state index < -0.39 is 18.0 Å². The summed E-state index contributed by atoms with van der Waals surface area (Å²) < 4.78 is 15.3. The van der Waals surface area contributed by atoms with E-state index in [2.05, 4.69) is 38.3 Å². The Morgan fingerprint density at radius 3 is 2.63 bits per heavy atom. The molecule has 6 rings (SSSR count). The summed E-state index contributed by atoms with van der Waals surface area (Å²) in [6, 6.07) is 8.19. The highest BCUT2D eigenvalue weighted by molar-refractivity contribution is 5.94. The molecule has 0 spiro atoms. The molecule has 2 aromatic heterocycles. The number of alkyl halides is 1. The molecule has 3 N–H and O–H groups in total. The van der Waals surface area contributed by atoms with Crippen LogP contribution in [-0.4, -0.2) is 59.6 Å². The lowest BCUT2D eigenvalue weighted by atomic mass is 9.97. The Morgan fingerprint density at radius 1 is 1.23 bits per heavy atom. The van der Waals surface area contributed by atoms with Gasteiger partial charge < -0.3 is 25.6 Å². The van der Waals surface area contributed by atoms with Crippen molar-refractivity contribution in [2.24, 2.45) is 11.7 Å². The number of nitrogens with one attached hydrogen (secondary N) is 1. The summed E-state index contributed by atoms with van der Waals surface area (Å²) in [6.45, 7) is 2.47. The van der Waals surface area contributed by atoms with E-state index in [1.807, 2.05) is 6.07 Å². The lowest BCUT2D eigenvalue weighted by Gasteiger charge is -2.33. The van der Waals surface area contributed by atoms with Crippen LogP contribution in [0, 0.1) is 5.92 Å². The molecular formula is C25H28FN7O2. The van der Waals surface area contributed by atoms with Gasteiger partial charge in [0, 0.05) is 61.5 Å². The van der Waals surface area contributed by atoms with Gasteiger partial charge in [0.25, 0.3) is 5.91 Å². The third-order valence-corrected chi connectivity index (χ3v) is 7.52. The number of amides is 1. The number of nitrogens with two attached hydrogens (primary N) is 1. The second-order valence-electron chi connectivity index (χ2n) is 9.61. The van der Waals surface area contributed by atoms with Crippen LogP contribution in [-0.2, 0) is 11.2 Å². The maximum atomic E-state index is 13.9. The second-order valence-corrected chi connectivity index (χ2v) is 9.61. The number of halogens is 1. The van der Waals surface area contributed by atoms with Crippen molar-refractivity contribution in [3.8, 4) is 0 Å². The van der Waals surface area contributed by atoms with Crippen molar-refractivity contribution < 1.29 is 14.0 Å². The summed E-state index contributed by atoms with van der Waals surface area (Å²) in [7, 11) is 1.78. The first kappa shape index (κ1) is 21.8. The molecule has 2 aliphatic heterocycles. The molecule has 1 saturated carbocycles. The minimum absolute atomic E-state index is 0.148. The predicted molar refractivity (Wildman–Crippen MR) is 131 cm³/mol. The van der Waals surface area contributed by atoms with Gasteiger partial charge in [-0.05, 0) is 37.8 Å². The van der Waals surface area contributed by atoms with Crippen LogP contribution in [0.5, 0.6) is 0 Å². The van der Waals surface area contributed by atoms with Gasteiger partial charge in [-0.25, -0.2) is 13.9 Å². The molecule has 3 aliphatic rings. The molecular weight excluding hydrogens is 449 g/mol. The van der Waals surface area contributed by atoms with E-state index in [0.29, 0.717) is 29.3 Å². The molecule has 4 heterocycles. The number of primary amides is 1. The molecule has 1 saturated heterocycles. The van der Waals surface area contributed by atoms with Crippen LogP contribution in [0.4, 0.5) is 27.3 Å². The monoisotopic (exact) mass is 477 g/mol. The number of carbonyl (C=O) groups is 2. The number of hydrogen-bond donors (Lipinski definition) is 2. The van der Waals surface area contributed by atoms with Crippen LogP contribution in [0.25, 0.3) is 5.65 Å². The van der Waals surface area contributed by atoms with Gasteiger partial charge >= 0.3 is 0 Å². The second kappa shape index (κ2) is 8.21. The first-order valence-corrected chi connectivity index (χ1v) is 12.1. The topological polar surface area (TPSA) is 109 Å². The van der Waals surface area contributed by atoms with Crippen molar-refractivity contribution in [1.82, 2.24) is 14.6 Å². The van der Waals surface area contributed by atoms with Gasteiger partial charge in [-0.3, -0.25) is 4.79 Å². The third-order valence-electron chi connectivity index (χ3n) is 7.52. The van der Waals surface area contributed by atoms with Crippen molar-refractivity contribution >= 4 is 40.7 Å². The number of aldehydes is 1. The zero-order valence-electron chi connectivity index (χ0n) is 19.6. The minimum atomic E-state index is -1.00. The summed E-state index contributed by atoms with van der Waals surface area (Å²) in [6.07, 6.45) is 3.03. The van der Waals surface area contributed by atoms with Crippen LogP contribution in [0.2, 0.25) is 0 Å². The molecule has 2 atom stereocenters. The van der Waals surface area contributed by atoms with Gasteiger partial charge in [-0.15, -0.1) is 5.10 Å². The van der Waals surface area contributed by atoms with Gasteiger partial charge in [-0.2, -0.15) is 0 Å². The maximum absolute atomic E-state index is 13.9. The van der Waals surface area contributed by atoms with Crippen LogP contribution in [0.15, 0.2) is 24.3 Å².